The third-order valence-electron chi connectivity index (χ3n) is 5.33. The number of nitrogens with one attached hydrogen (secondary N) is 2. The molecule has 3 N–H and O–H groups in total. The van der Waals surface area contributed by atoms with Crippen LogP contribution in [-0.4, -0.2) is 37.9 Å². The second-order valence-electron chi connectivity index (χ2n) is 7.61. The lowest BCUT2D eigenvalue weighted by Gasteiger charge is -2.08. The molecule has 5 rings (SSSR count). The fourth-order valence-electron chi connectivity index (χ4n) is 3.79. The van der Waals surface area contributed by atoms with Gasteiger partial charge in [0.15, 0.2) is 0 Å². The first kappa shape index (κ1) is 20.4. The number of aromatic hydroxyl groups is 1. The van der Waals surface area contributed by atoms with Gasteiger partial charge in [-0.15, -0.1) is 0 Å². The van der Waals surface area contributed by atoms with Gasteiger partial charge in [0.25, 0.3) is 0 Å². The first-order valence-electron chi connectivity index (χ1n) is 10.2. The molecule has 0 bridgehead atoms. The summed E-state index contributed by atoms with van der Waals surface area (Å²) in [5, 5.41) is 21.8. The summed E-state index contributed by atoms with van der Waals surface area (Å²) in [4.78, 5) is 8.93. The van der Waals surface area contributed by atoms with Crippen LogP contribution in [-0.2, 0) is 0 Å². The molecule has 1 fully saturated rings. The summed E-state index contributed by atoms with van der Waals surface area (Å²) in [5.74, 6) is 0.134. The minimum absolute atomic E-state index is 0.0666. The fraction of sp³-hybridized carbons (Fsp3) is 0.174. The highest BCUT2D eigenvalue weighted by Gasteiger charge is 2.22. The smallest absolute Gasteiger partial charge is 0.227 e. The highest BCUT2D eigenvalue weighted by molar-refractivity contribution is 6.31. The zero-order valence-electron chi connectivity index (χ0n) is 17.0. The largest absolute Gasteiger partial charge is 0.508 e. The second kappa shape index (κ2) is 8.57. The van der Waals surface area contributed by atoms with Crippen molar-refractivity contribution in [2.24, 2.45) is 0 Å². The maximum absolute atomic E-state index is 13.2. The molecule has 9 heteroatoms. The van der Waals surface area contributed by atoms with Crippen molar-refractivity contribution in [2.75, 3.05) is 18.4 Å². The Balaban J connectivity index is 1.56. The molecule has 0 unspecified atom stereocenters. The van der Waals surface area contributed by atoms with Gasteiger partial charge in [-0.3, -0.25) is 4.68 Å². The van der Waals surface area contributed by atoms with Gasteiger partial charge in [0.2, 0.25) is 5.95 Å². The molecule has 0 saturated carbocycles. The van der Waals surface area contributed by atoms with Gasteiger partial charge >= 0.3 is 0 Å². The van der Waals surface area contributed by atoms with E-state index < -0.39 is 0 Å². The maximum atomic E-state index is 13.2. The van der Waals surface area contributed by atoms with Gasteiger partial charge in [-0.2, -0.15) is 5.10 Å². The van der Waals surface area contributed by atoms with E-state index in [-0.39, 0.29) is 17.6 Å². The van der Waals surface area contributed by atoms with Crippen molar-refractivity contribution in [3.8, 4) is 28.3 Å². The predicted octanol–water partition coefficient (Wildman–Crippen LogP) is 4.78. The summed E-state index contributed by atoms with van der Waals surface area (Å²) < 4.78 is 15.1. The lowest BCUT2D eigenvalue weighted by molar-refractivity contribution is 0.475. The summed E-state index contributed by atoms with van der Waals surface area (Å²) in [7, 11) is 0. The molecule has 162 valence electrons. The van der Waals surface area contributed by atoms with Gasteiger partial charge in [0.05, 0.1) is 11.7 Å². The molecule has 0 aliphatic carbocycles. The first-order valence-corrected chi connectivity index (χ1v) is 10.6. The number of phenolic OH excluding ortho intramolecular Hbond substituents is 1. The van der Waals surface area contributed by atoms with E-state index in [4.69, 9.17) is 16.7 Å². The van der Waals surface area contributed by atoms with Crippen LogP contribution in [0.4, 0.5) is 16.0 Å². The molecular weight excluding hydrogens is 431 g/mol. The molecule has 0 amide bonds. The van der Waals surface area contributed by atoms with Crippen LogP contribution in [0.25, 0.3) is 22.5 Å². The quantitative estimate of drug-likeness (QED) is 0.405. The van der Waals surface area contributed by atoms with E-state index in [0.29, 0.717) is 33.6 Å². The monoisotopic (exact) mass is 450 g/mol. The van der Waals surface area contributed by atoms with E-state index in [0.717, 1.165) is 25.1 Å². The number of hydrogen-bond acceptors (Lipinski definition) is 6. The SMILES string of the molecule is Oc1cc(Cl)cc(-c2nn([C@H]3CCNC3)cc2-c2ccnc(Nc3ccc(F)cc3)n2)c1. The molecule has 0 spiro atoms. The molecule has 1 saturated heterocycles. The number of rotatable bonds is 5. The van der Waals surface area contributed by atoms with Crippen LogP contribution in [0.5, 0.6) is 5.75 Å². The molecule has 4 aromatic rings. The van der Waals surface area contributed by atoms with Crippen LogP contribution < -0.4 is 10.6 Å². The average Bonchev–Trinajstić information content (AvgIpc) is 3.45. The zero-order chi connectivity index (χ0) is 22.1. The normalized spacial score (nSPS) is 15.8. The van der Waals surface area contributed by atoms with Crippen LogP contribution in [0.3, 0.4) is 0 Å². The minimum atomic E-state index is -0.312. The van der Waals surface area contributed by atoms with Crippen molar-refractivity contribution < 1.29 is 9.50 Å². The number of halogens is 2. The van der Waals surface area contributed by atoms with Crippen molar-refractivity contribution in [1.29, 1.82) is 0 Å². The lowest BCUT2D eigenvalue weighted by atomic mass is 10.1. The van der Waals surface area contributed by atoms with Crippen molar-refractivity contribution in [3.05, 3.63) is 71.8 Å². The maximum Gasteiger partial charge on any atom is 0.227 e. The molecule has 1 aliphatic rings. The highest BCUT2D eigenvalue weighted by Crippen LogP contribution is 2.35. The number of phenols is 1. The summed E-state index contributed by atoms with van der Waals surface area (Å²) in [6, 6.07) is 12.9. The van der Waals surface area contributed by atoms with E-state index in [2.05, 4.69) is 20.6 Å². The summed E-state index contributed by atoms with van der Waals surface area (Å²) >= 11 is 6.19. The van der Waals surface area contributed by atoms with Crippen LogP contribution in [0, 0.1) is 5.82 Å². The van der Waals surface area contributed by atoms with Crippen molar-refractivity contribution in [3.63, 3.8) is 0 Å². The molecule has 1 atom stereocenters. The van der Waals surface area contributed by atoms with Crippen LogP contribution in [0.1, 0.15) is 12.5 Å². The molecular formula is C23H20ClFN6O. The number of aromatic nitrogens is 4. The van der Waals surface area contributed by atoms with E-state index in [9.17, 15) is 9.50 Å². The molecule has 2 aromatic carbocycles. The predicted molar refractivity (Wildman–Crippen MR) is 122 cm³/mol. The van der Waals surface area contributed by atoms with Crippen molar-refractivity contribution >= 4 is 23.2 Å². The molecule has 32 heavy (non-hydrogen) atoms. The fourth-order valence-corrected chi connectivity index (χ4v) is 4.02. The van der Waals surface area contributed by atoms with E-state index >= 15 is 0 Å². The molecule has 0 radical (unpaired) electrons. The Labute approximate surface area is 188 Å². The standard InChI is InChI=1S/C23H20ClFN6O/c24-15-9-14(10-19(32)11-15)22-20(13-31(30-22)18-5-7-26-12-18)21-6-8-27-23(29-21)28-17-3-1-16(25)2-4-17/h1-4,6,8-11,13,18,26,32H,5,7,12H2,(H,27,28,29)/t18-/m0/s1. The topological polar surface area (TPSA) is 87.9 Å². The average molecular weight is 451 g/mol. The Hall–Kier alpha value is -3.49. The van der Waals surface area contributed by atoms with Crippen LogP contribution >= 0.6 is 11.6 Å². The Morgan fingerprint density at radius 2 is 2.00 bits per heavy atom. The summed E-state index contributed by atoms with van der Waals surface area (Å²) in [6.07, 6.45) is 4.60. The van der Waals surface area contributed by atoms with E-state index in [1.165, 1.54) is 18.2 Å². The molecule has 3 heterocycles. The lowest BCUT2D eigenvalue weighted by Crippen LogP contribution is -2.13. The van der Waals surface area contributed by atoms with Crippen molar-refractivity contribution in [1.82, 2.24) is 25.1 Å². The van der Waals surface area contributed by atoms with Gasteiger partial charge in [-0.25, -0.2) is 14.4 Å². The van der Waals surface area contributed by atoms with Gasteiger partial charge < -0.3 is 15.7 Å². The number of hydrogen-bond donors (Lipinski definition) is 3. The number of anilines is 2. The highest BCUT2D eigenvalue weighted by atomic mass is 35.5. The van der Waals surface area contributed by atoms with Gasteiger partial charge in [-0.05, 0) is 61.5 Å². The second-order valence-corrected chi connectivity index (χ2v) is 8.05. The van der Waals surface area contributed by atoms with E-state index in [1.54, 1.807) is 36.5 Å². The molecule has 1 aliphatic heterocycles. The number of nitrogens with zero attached hydrogens (tertiary/aromatic N) is 4. The van der Waals surface area contributed by atoms with Gasteiger partial charge in [0, 0.05) is 40.8 Å². The van der Waals surface area contributed by atoms with E-state index in [1.807, 2.05) is 10.9 Å². The van der Waals surface area contributed by atoms with Crippen LogP contribution in [0.15, 0.2) is 60.9 Å². The van der Waals surface area contributed by atoms with Crippen LogP contribution in [0.2, 0.25) is 5.02 Å². The Bertz CT molecular complexity index is 1230. The molecule has 2 aromatic heterocycles. The van der Waals surface area contributed by atoms with Gasteiger partial charge in [0.1, 0.15) is 17.3 Å². The van der Waals surface area contributed by atoms with Crippen molar-refractivity contribution in [2.45, 2.75) is 12.5 Å². The Kier molecular flexibility index (Phi) is 5.46. The number of benzene rings is 2. The Morgan fingerprint density at radius 1 is 1.16 bits per heavy atom. The summed E-state index contributed by atoms with van der Waals surface area (Å²) in [5.41, 5.74) is 3.50. The van der Waals surface area contributed by atoms with Gasteiger partial charge in [-0.1, -0.05) is 11.6 Å². The third-order valence-corrected chi connectivity index (χ3v) is 5.55. The minimum Gasteiger partial charge on any atom is -0.508 e. The Morgan fingerprint density at radius 3 is 2.75 bits per heavy atom. The summed E-state index contributed by atoms with van der Waals surface area (Å²) in [6.45, 7) is 1.77. The molecule has 7 nitrogen and oxygen atoms in total. The third kappa shape index (κ3) is 4.28. The zero-order valence-corrected chi connectivity index (χ0v) is 17.7. The first-order chi connectivity index (χ1) is 15.5.